The van der Waals surface area contributed by atoms with E-state index in [-0.39, 0.29) is 22.9 Å². The number of rotatable bonds is 7. The second-order valence-electron chi connectivity index (χ2n) is 6.74. The van der Waals surface area contributed by atoms with Crippen LogP contribution in [-0.2, 0) is 31.3 Å². The molecule has 8 nitrogen and oxygen atoms in total. The third-order valence-electron chi connectivity index (χ3n) is 4.62. The molecule has 0 spiro atoms. The fourth-order valence-electron chi connectivity index (χ4n) is 3.16. The number of amides is 1. The number of methoxy groups -OCH3 is 1. The molecule has 0 radical (unpaired) electrons. The first-order valence-corrected chi connectivity index (χ1v) is 12.0. The summed E-state index contributed by atoms with van der Waals surface area (Å²) in [4.78, 5) is 12.1. The molecule has 0 aromatic heterocycles. The van der Waals surface area contributed by atoms with E-state index >= 15 is 0 Å². The summed E-state index contributed by atoms with van der Waals surface area (Å²) in [6, 6.07) is 12.6. The highest BCUT2D eigenvalue weighted by molar-refractivity contribution is 7.94. The minimum Gasteiger partial charge on any atom is -0.496 e. The van der Waals surface area contributed by atoms with Gasteiger partial charge in [0.15, 0.2) is 0 Å². The summed E-state index contributed by atoms with van der Waals surface area (Å²) < 4.78 is 57.8. The van der Waals surface area contributed by atoms with Crippen molar-refractivity contribution in [1.82, 2.24) is 4.72 Å². The number of para-hydroxylation sites is 1. The highest BCUT2D eigenvalue weighted by atomic mass is 32.2. The molecule has 0 bridgehead atoms. The van der Waals surface area contributed by atoms with Gasteiger partial charge in [-0.1, -0.05) is 25.1 Å². The van der Waals surface area contributed by atoms with Crippen LogP contribution in [0.15, 0.2) is 53.4 Å². The second kappa shape index (κ2) is 8.13. The van der Waals surface area contributed by atoms with Crippen LogP contribution >= 0.6 is 0 Å². The Kier molecular flexibility index (Phi) is 5.97. The molecule has 1 unspecified atom stereocenters. The highest BCUT2D eigenvalue weighted by Crippen LogP contribution is 2.29. The van der Waals surface area contributed by atoms with Crippen LogP contribution in [0.3, 0.4) is 0 Å². The zero-order chi connectivity index (χ0) is 21.2. The van der Waals surface area contributed by atoms with E-state index in [4.69, 9.17) is 4.74 Å². The molecule has 1 aliphatic rings. The third-order valence-corrected chi connectivity index (χ3v) is 7.97. The Morgan fingerprint density at radius 1 is 1.14 bits per heavy atom. The van der Waals surface area contributed by atoms with E-state index in [0.29, 0.717) is 12.2 Å². The molecule has 156 valence electrons. The first-order chi connectivity index (χ1) is 13.7. The quantitative estimate of drug-likeness (QED) is 0.702. The smallest absolute Gasteiger partial charge is 0.244 e. The topological polar surface area (TPSA) is 110 Å². The SMILES string of the molecule is COc1ccccc1CCNS(=O)(=O)c1ccc(N2C(=O)C(C)CS2(=O)=O)cc1. The normalized spacial score (nSPS) is 18.8. The Bertz CT molecular complexity index is 1110. The van der Waals surface area contributed by atoms with Gasteiger partial charge in [-0.15, -0.1) is 0 Å². The van der Waals surface area contributed by atoms with Gasteiger partial charge in [0, 0.05) is 6.54 Å². The molecule has 1 heterocycles. The van der Waals surface area contributed by atoms with Gasteiger partial charge in [-0.05, 0) is 42.3 Å². The number of hydrogen-bond donors (Lipinski definition) is 1. The van der Waals surface area contributed by atoms with Gasteiger partial charge in [-0.2, -0.15) is 0 Å². The van der Waals surface area contributed by atoms with Gasteiger partial charge in [0.1, 0.15) is 5.75 Å². The Hall–Kier alpha value is -2.43. The number of ether oxygens (including phenoxy) is 1. The fraction of sp³-hybridized carbons (Fsp3) is 0.316. The van der Waals surface area contributed by atoms with Gasteiger partial charge in [-0.25, -0.2) is 25.9 Å². The van der Waals surface area contributed by atoms with Gasteiger partial charge < -0.3 is 4.74 Å². The van der Waals surface area contributed by atoms with Crippen molar-refractivity contribution in [2.75, 3.05) is 23.7 Å². The van der Waals surface area contributed by atoms with Gasteiger partial charge in [0.25, 0.3) is 0 Å². The van der Waals surface area contributed by atoms with Crippen molar-refractivity contribution in [1.29, 1.82) is 0 Å². The summed E-state index contributed by atoms with van der Waals surface area (Å²) in [7, 11) is -5.97. The van der Waals surface area contributed by atoms with E-state index in [2.05, 4.69) is 4.72 Å². The number of sulfonamides is 2. The lowest BCUT2D eigenvalue weighted by molar-refractivity contribution is -0.119. The van der Waals surface area contributed by atoms with Crippen LogP contribution in [0.25, 0.3) is 0 Å². The molecule has 1 fully saturated rings. The van der Waals surface area contributed by atoms with Gasteiger partial charge >= 0.3 is 0 Å². The Labute approximate surface area is 170 Å². The number of nitrogens with one attached hydrogen (secondary N) is 1. The molecule has 1 amide bonds. The van der Waals surface area contributed by atoms with Crippen LogP contribution in [0, 0.1) is 5.92 Å². The van der Waals surface area contributed by atoms with Crippen molar-refractivity contribution in [3.8, 4) is 5.75 Å². The van der Waals surface area contributed by atoms with Crippen molar-refractivity contribution >= 4 is 31.6 Å². The average Bonchev–Trinajstić information content (AvgIpc) is 2.89. The molecule has 0 aliphatic carbocycles. The lowest BCUT2D eigenvalue weighted by Gasteiger charge is -2.16. The van der Waals surface area contributed by atoms with Crippen molar-refractivity contribution in [3.63, 3.8) is 0 Å². The molecule has 1 N–H and O–H groups in total. The summed E-state index contributed by atoms with van der Waals surface area (Å²) >= 11 is 0. The summed E-state index contributed by atoms with van der Waals surface area (Å²) in [5, 5.41) is 0. The van der Waals surface area contributed by atoms with Crippen molar-refractivity contribution in [3.05, 3.63) is 54.1 Å². The number of hydrogen-bond acceptors (Lipinski definition) is 6. The molecule has 1 aliphatic heterocycles. The largest absolute Gasteiger partial charge is 0.496 e. The molecular formula is C19H22N2O6S2. The second-order valence-corrected chi connectivity index (χ2v) is 10.4. The predicted octanol–water partition coefficient (Wildman–Crippen LogP) is 1.53. The van der Waals surface area contributed by atoms with Crippen LogP contribution in [0.1, 0.15) is 12.5 Å². The third kappa shape index (κ3) is 4.44. The number of carbonyl (C=O) groups is 1. The van der Waals surface area contributed by atoms with Crippen molar-refractivity contribution < 1.29 is 26.4 Å². The zero-order valence-electron chi connectivity index (χ0n) is 16.0. The van der Waals surface area contributed by atoms with Gasteiger partial charge in [0.2, 0.25) is 26.0 Å². The number of nitrogens with zero attached hydrogens (tertiary/aromatic N) is 1. The maximum absolute atomic E-state index is 12.5. The average molecular weight is 439 g/mol. The maximum Gasteiger partial charge on any atom is 0.244 e. The lowest BCUT2D eigenvalue weighted by Crippen LogP contribution is -2.30. The Morgan fingerprint density at radius 2 is 1.79 bits per heavy atom. The van der Waals surface area contributed by atoms with Crippen LogP contribution < -0.4 is 13.8 Å². The first-order valence-electron chi connectivity index (χ1n) is 8.94. The van der Waals surface area contributed by atoms with E-state index in [9.17, 15) is 21.6 Å². The zero-order valence-corrected chi connectivity index (χ0v) is 17.7. The van der Waals surface area contributed by atoms with E-state index in [0.717, 1.165) is 9.87 Å². The summed E-state index contributed by atoms with van der Waals surface area (Å²) in [5.74, 6) is -0.714. The monoisotopic (exact) mass is 438 g/mol. The molecule has 1 atom stereocenters. The van der Waals surface area contributed by atoms with Crippen LogP contribution in [0.5, 0.6) is 5.75 Å². The number of carbonyl (C=O) groups excluding carboxylic acids is 1. The molecule has 2 aromatic carbocycles. The van der Waals surface area contributed by atoms with Gasteiger partial charge in [-0.3, -0.25) is 4.79 Å². The van der Waals surface area contributed by atoms with E-state index in [1.807, 2.05) is 18.2 Å². The minimum absolute atomic E-state index is 0.0154. The molecule has 3 rings (SSSR count). The standard InChI is InChI=1S/C19H22N2O6S2/c1-14-13-28(23,24)21(19(14)22)16-7-9-17(10-8-16)29(25,26)20-12-11-15-5-3-4-6-18(15)27-2/h3-10,14,20H,11-13H2,1-2H3. The number of anilines is 1. The summed E-state index contributed by atoms with van der Waals surface area (Å²) in [6.45, 7) is 1.71. The van der Waals surface area contributed by atoms with Crippen LogP contribution in [0.2, 0.25) is 0 Å². The predicted molar refractivity (Wildman–Crippen MR) is 109 cm³/mol. The molecule has 2 aromatic rings. The van der Waals surface area contributed by atoms with E-state index in [1.165, 1.54) is 24.3 Å². The highest BCUT2D eigenvalue weighted by Gasteiger charge is 2.41. The fourth-order valence-corrected chi connectivity index (χ4v) is 6.01. The van der Waals surface area contributed by atoms with Crippen LogP contribution in [0.4, 0.5) is 5.69 Å². The van der Waals surface area contributed by atoms with Crippen molar-refractivity contribution in [2.24, 2.45) is 5.92 Å². The minimum atomic E-state index is -3.79. The van der Waals surface area contributed by atoms with Crippen LogP contribution in [-0.4, -0.2) is 42.2 Å². The Balaban J connectivity index is 1.71. The maximum atomic E-state index is 12.5. The molecule has 1 saturated heterocycles. The first kappa shape index (κ1) is 21.3. The van der Waals surface area contributed by atoms with Crippen molar-refractivity contribution in [2.45, 2.75) is 18.2 Å². The van der Waals surface area contributed by atoms with Gasteiger partial charge in [0.05, 0.1) is 29.4 Å². The molecule has 0 saturated carbocycles. The molecule has 29 heavy (non-hydrogen) atoms. The Morgan fingerprint density at radius 3 is 2.38 bits per heavy atom. The number of benzene rings is 2. The summed E-state index contributed by atoms with van der Waals surface area (Å²) in [6.07, 6.45) is 0.444. The summed E-state index contributed by atoms with van der Waals surface area (Å²) in [5.41, 5.74) is 1.01. The van der Waals surface area contributed by atoms with E-state index in [1.54, 1.807) is 20.1 Å². The molecule has 10 heteroatoms. The van der Waals surface area contributed by atoms with E-state index < -0.39 is 31.9 Å². The molecular weight excluding hydrogens is 416 g/mol. The lowest BCUT2D eigenvalue weighted by atomic mass is 10.1.